The van der Waals surface area contributed by atoms with Crippen LogP contribution >= 0.6 is 11.6 Å². The van der Waals surface area contributed by atoms with Gasteiger partial charge in [-0.3, -0.25) is 0 Å². The highest BCUT2D eigenvalue weighted by Gasteiger charge is 2.07. The Labute approximate surface area is 101 Å². The summed E-state index contributed by atoms with van der Waals surface area (Å²) in [5.74, 6) is -1.80. The van der Waals surface area contributed by atoms with Gasteiger partial charge < -0.3 is 5.11 Å². The van der Waals surface area contributed by atoms with E-state index in [0.29, 0.717) is 5.56 Å². The maximum absolute atomic E-state index is 12.9. The minimum atomic E-state index is -1.21. The summed E-state index contributed by atoms with van der Waals surface area (Å²) in [7, 11) is 0. The third kappa shape index (κ3) is 3.79. The van der Waals surface area contributed by atoms with E-state index in [9.17, 15) is 9.18 Å². The van der Waals surface area contributed by atoms with Gasteiger partial charge >= 0.3 is 5.97 Å². The predicted octanol–water partition coefficient (Wildman–Crippen LogP) is 3.26. The zero-order chi connectivity index (χ0) is 12.8. The van der Waals surface area contributed by atoms with E-state index in [0.717, 1.165) is 6.07 Å². The highest BCUT2D eigenvalue weighted by Crippen LogP contribution is 2.18. The van der Waals surface area contributed by atoms with E-state index in [1.54, 1.807) is 0 Å². The summed E-state index contributed by atoms with van der Waals surface area (Å²) < 4.78 is 12.9. The number of halogens is 2. The summed E-state index contributed by atoms with van der Waals surface area (Å²) in [5.41, 5.74) is 8.42. The minimum Gasteiger partial charge on any atom is -0.478 e. The molecular weight excluding hydrogens is 249 g/mol. The Morgan fingerprint density at radius 2 is 2.35 bits per heavy atom. The van der Waals surface area contributed by atoms with E-state index in [1.165, 1.54) is 18.2 Å². The average molecular weight is 256 g/mol. The van der Waals surface area contributed by atoms with Gasteiger partial charge in [0.2, 0.25) is 0 Å². The van der Waals surface area contributed by atoms with Gasteiger partial charge in [-0.2, -0.15) is 0 Å². The minimum absolute atomic E-state index is 0.104. The van der Waals surface area contributed by atoms with Crippen molar-refractivity contribution in [2.45, 2.75) is 0 Å². The average Bonchev–Trinajstić information content (AvgIpc) is 2.28. The number of carboxylic acids is 1. The second kappa shape index (κ2) is 5.89. The highest BCUT2D eigenvalue weighted by atomic mass is 35.5. The molecule has 0 atom stereocenters. The monoisotopic (exact) mass is 255 g/mol. The van der Waals surface area contributed by atoms with Gasteiger partial charge in [-0.1, -0.05) is 22.8 Å². The van der Waals surface area contributed by atoms with Crippen molar-refractivity contribution in [3.63, 3.8) is 0 Å². The first-order valence-corrected chi connectivity index (χ1v) is 4.82. The first kappa shape index (κ1) is 13.0. The molecule has 1 rings (SSSR count). The number of aliphatic carboxylic acids is 1. The molecule has 1 aromatic carbocycles. The van der Waals surface area contributed by atoms with Crippen LogP contribution in [0.5, 0.6) is 0 Å². The largest absolute Gasteiger partial charge is 0.478 e. The molecule has 7 heteroatoms. The van der Waals surface area contributed by atoms with E-state index < -0.39 is 11.8 Å². The molecule has 0 unspecified atom stereocenters. The lowest BCUT2D eigenvalue weighted by Crippen LogP contribution is -2.03. The number of hydrogen-bond donors (Lipinski definition) is 1. The molecule has 0 aliphatic carbocycles. The van der Waals surface area contributed by atoms with Crippen molar-refractivity contribution in [2.75, 3.05) is 6.54 Å². The third-order valence-electron chi connectivity index (χ3n) is 1.86. The van der Waals surface area contributed by atoms with Crippen LogP contribution in [0, 0.1) is 5.82 Å². The summed E-state index contributed by atoms with van der Waals surface area (Å²) in [5, 5.41) is 11.9. The fourth-order valence-electron chi connectivity index (χ4n) is 1.09. The second-order valence-corrected chi connectivity index (χ2v) is 3.44. The summed E-state index contributed by atoms with van der Waals surface area (Å²) in [6.07, 6.45) is 1.27. The summed E-state index contributed by atoms with van der Waals surface area (Å²) in [4.78, 5) is 13.3. The Bertz CT molecular complexity index is 524. The zero-order valence-corrected chi connectivity index (χ0v) is 9.23. The molecule has 0 aliphatic heterocycles. The molecule has 1 N–H and O–H groups in total. The molecule has 0 heterocycles. The summed E-state index contributed by atoms with van der Waals surface area (Å²) in [6, 6.07) is 3.79. The van der Waals surface area contributed by atoms with Gasteiger partial charge in [0.25, 0.3) is 0 Å². The second-order valence-electron chi connectivity index (χ2n) is 3.04. The molecule has 0 saturated carbocycles. The number of carbonyl (C=O) groups is 1. The zero-order valence-electron chi connectivity index (χ0n) is 8.47. The molecule has 0 saturated heterocycles. The molecule has 0 spiro atoms. The number of azide groups is 1. The van der Waals surface area contributed by atoms with Crippen LogP contribution in [-0.4, -0.2) is 17.6 Å². The molecule has 0 fully saturated rings. The highest BCUT2D eigenvalue weighted by molar-refractivity contribution is 6.30. The maximum Gasteiger partial charge on any atom is 0.331 e. The summed E-state index contributed by atoms with van der Waals surface area (Å²) in [6.45, 7) is -0.291. The van der Waals surface area contributed by atoms with Crippen LogP contribution in [0.2, 0.25) is 5.02 Å². The Hall–Kier alpha value is -2.04. The Morgan fingerprint density at radius 3 is 2.88 bits per heavy atom. The summed E-state index contributed by atoms with van der Waals surface area (Å²) >= 11 is 5.55. The lowest BCUT2D eigenvalue weighted by Gasteiger charge is -2.00. The number of hydrogen-bond acceptors (Lipinski definition) is 2. The lowest BCUT2D eigenvalue weighted by atomic mass is 10.1. The topological polar surface area (TPSA) is 86.1 Å². The van der Waals surface area contributed by atoms with Crippen molar-refractivity contribution in [3.8, 4) is 0 Å². The number of rotatable bonds is 4. The molecular formula is C10H7ClFN3O2. The molecule has 17 heavy (non-hydrogen) atoms. The third-order valence-corrected chi connectivity index (χ3v) is 2.15. The SMILES string of the molecule is [N-]=[N+]=NC/C(=C\c1ccc(F)c(Cl)c1)C(=O)O. The van der Waals surface area contributed by atoms with Crippen molar-refractivity contribution in [1.29, 1.82) is 0 Å². The molecule has 88 valence electrons. The van der Waals surface area contributed by atoms with Crippen LogP contribution in [-0.2, 0) is 4.79 Å². The van der Waals surface area contributed by atoms with Crippen LogP contribution in [0.1, 0.15) is 5.56 Å². The van der Waals surface area contributed by atoms with Gasteiger partial charge in [-0.15, -0.1) is 0 Å². The van der Waals surface area contributed by atoms with E-state index in [1.807, 2.05) is 0 Å². The first-order chi connectivity index (χ1) is 8.04. The van der Waals surface area contributed by atoms with Gasteiger partial charge in [0.15, 0.2) is 0 Å². The molecule has 0 bridgehead atoms. The van der Waals surface area contributed by atoms with E-state index in [2.05, 4.69) is 10.0 Å². The standard InChI is InChI=1S/C10H7ClFN3O2/c11-8-4-6(1-2-9(8)12)3-7(10(16)17)5-14-15-13/h1-4H,5H2,(H,16,17)/b7-3+. The van der Waals surface area contributed by atoms with E-state index in [-0.39, 0.29) is 17.1 Å². The van der Waals surface area contributed by atoms with Crippen molar-refractivity contribution < 1.29 is 14.3 Å². The van der Waals surface area contributed by atoms with E-state index in [4.69, 9.17) is 22.2 Å². The van der Waals surface area contributed by atoms with Crippen LogP contribution < -0.4 is 0 Å². The fraction of sp³-hybridized carbons (Fsp3) is 0.100. The number of benzene rings is 1. The normalized spacial score (nSPS) is 10.8. The molecule has 1 aromatic rings. The molecule has 0 aliphatic rings. The van der Waals surface area contributed by atoms with Gasteiger partial charge in [0, 0.05) is 10.5 Å². The molecule has 0 radical (unpaired) electrons. The quantitative estimate of drug-likeness (QED) is 0.387. The van der Waals surface area contributed by atoms with Crippen LogP contribution in [0.15, 0.2) is 28.9 Å². The van der Waals surface area contributed by atoms with Gasteiger partial charge in [0.1, 0.15) is 5.82 Å². The predicted molar refractivity (Wildman–Crippen MR) is 61.0 cm³/mol. The van der Waals surface area contributed by atoms with Crippen LogP contribution in [0.25, 0.3) is 16.5 Å². The van der Waals surface area contributed by atoms with Gasteiger partial charge in [-0.05, 0) is 29.3 Å². The number of carboxylic acid groups (broad SMARTS) is 1. The van der Waals surface area contributed by atoms with Crippen molar-refractivity contribution in [2.24, 2.45) is 5.11 Å². The van der Waals surface area contributed by atoms with Crippen LogP contribution in [0.4, 0.5) is 4.39 Å². The van der Waals surface area contributed by atoms with Gasteiger partial charge in [-0.25, -0.2) is 9.18 Å². The molecule has 0 amide bonds. The maximum atomic E-state index is 12.9. The smallest absolute Gasteiger partial charge is 0.331 e. The Morgan fingerprint density at radius 1 is 1.65 bits per heavy atom. The molecule has 5 nitrogen and oxygen atoms in total. The van der Waals surface area contributed by atoms with Crippen molar-refractivity contribution in [1.82, 2.24) is 0 Å². The van der Waals surface area contributed by atoms with E-state index >= 15 is 0 Å². The van der Waals surface area contributed by atoms with Gasteiger partial charge in [0.05, 0.1) is 11.6 Å². The van der Waals surface area contributed by atoms with Crippen LogP contribution in [0.3, 0.4) is 0 Å². The van der Waals surface area contributed by atoms with Crippen molar-refractivity contribution >= 4 is 23.6 Å². The van der Waals surface area contributed by atoms with Crippen molar-refractivity contribution in [3.05, 3.63) is 50.6 Å². The fourth-order valence-corrected chi connectivity index (χ4v) is 1.28. The number of nitrogens with zero attached hydrogens (tertiary/aromatic N) is 3. The first-order valence-electron chi connectivity index (χ1n) is 4.44. The molecule has 0 aromatic heterocycles. The lowest BCUT2D eigenvalue weighted by molar-refractivity contribution is -0.132. The Kier molecular flexibility index (Phi) is 4.51. The Balaban J connectivity index is 3.07.